The third-order valence-corrected chi connectivity index (χ3v) is 12.2. The van der Waals surface area contributed by atoms with Crippen molar-refractivity contribution in [1.82, 2.24) is 0 Å². The number of rotatable bonds is 39. The van der Waals surface area contributed by atoms with Crippen LogP contribution < -0.4 is 0 Å². The molecule has 0 spiro atoms. The van der Waals surface area contributed by atoms with Crippen LogP contribution in [0.25, 0.3) is 0 Å². The molecule has 0 radical (unpaired) electrons. The summed E-state index contributed by atoms with van der Waals surface area (Å²) in [6, 6.07) is 0. The fraction of sp³-hybridized carbons (Fsp3) is 0.608. The van der Waals surface area contributed by atoms with E-state index >= 15 is 0 Å². The van der Waals surface area contributed by atoms with Crippen molar-refractivity contribution >= 4 is 27.6 Å². The maximum absolute atomic E-state index is 13.0. The van der Waals surface area contributed by atoms with E-state index in [4.69, 9.17) is 18.5 Å². The minimum absolute atomic E-state index is 0.00103. The summed E-state index contributed by atoms with van der Waals surface area (Å²) in [6.45, 7) is 2.57. The highest BCUT2D eigenvalue weighted by atomic mass is 31.2. The van der Waals surface area contributed by atoms with E-state index in [2.05, 4.69) is 79.1 Å². The highest BCUT2D eigenvalue weighted by Crippen LogP contribution is 2.49. The van der Waals surface area contributed by atoms with E-state index < -0.39 is 102 Å². The quantitative estimate of drug-likeness (QED) is 0.0101. The molecule has 0 aromatic heterocycles. The van der Waals surface area contributed by atoms with Gasteiger partial charge in [-0.15, -0.1) is 0 Å². The Labute approximate surface area is 425 Å². The molecule has 1 aliphatic rings. The van der Waals surface area contributed by atoms with Gasteiger partial charge in [0.25, 0.3) is 0 Å². The van der Waals surface area contributed by atoms with Crippen LogP contribution >= 0.6 is 15.6 Å². The normalized spacial score (nSPS) is 23.0. The first-order valence-electron chi connectivity index (χ1n) is 24.8. The van der Waals surface area contributed by atoms with Gasteiger partial charge < -0.3 is 59.9 Å². The standard InChI is InChI=1S/C51H82O19P2/c1-3-5-7-8-9-10-11-12-13-14-15-16-17-18-19-20-21-26-30-36-44(55)66-38-41(39-67-72(64,65)70-51-48(59)46(57)47(58)50(49(51)60)69-71(61,62)63)68-45(56)37-31-35-43(54)42(53)34-29-25-23-22-24-28-33-40(52)32-27-6-4-2/h5,7,9-10,12-13,15-16,18-19,22-25,28-29,33-34,40-43,46-54,57-60H,3-4,6,8,11,14,17,20-21,26-27,30-32,35-39H2,1-2H3,(H,64,65)(H2,61,62,63)/b7-5-,10-9-,13-12-,16-15-,19-18-,24-22-,25-23+,33-28+,34-29+/t40-,41+,42-,43-,46?,47?,48?,49?,50+,51-/m0/s1. The van der Waals surface area contributed by atoms with Crippen molar-refractivity contribution in [3.05, 3.63) is 109 Å². The van der Waals surface area contributed by atoms with E-state index in [-0.39, 0.29) is 25.7 Å². The smallest absolute Gasteiger partial charge is 0.462 e. The van der Waals surface area contributed by atoms with Crippen molar-refractivity contribution in [3.8, 4) is 0 Å². The third-order valence-electron chi connectivity index (χ3n) is 10.7. The van der Waals surface area contributed by atoms with Gasteiger partial charge in [0.1, 0.15) is 43.2 Å². The molecule has 0 bridgehead atoms. The van der Waals surface area contributed by atoms with Crippen molar-refractivity contribution in [2.45, 2.75) is 184 Å². The van der Waals surface area contributed by atoms with Crippen LogP contribution in [0.3, 0.4) is 0 Å². The monoisotopic (exact) mass is 1060 g/mol. The van der Waals surface area contributed by atoms with E-state index in [1.54, 1.807) is 36.5 Å². The fourth-order valence-electron chi connectivity index (χ4n) is 6.73. The topological polar surface area (TPSA) is 317 Å². The molecule has 0 aromatic carbocycles. The number of aliphatic hydroxyl groups excluding tert-OH is 7. The van der Waals surface area contributed by atoms with Gasteiger partial charge in [0.05, 0.1) is 24.9 Å². The molecular weight excluding hydrogens is 978 g/mol. The zero-order valence-electron chi connectivity index (χ0n) is 41.6. The maximum Gasteiger partial charge on any atom is 0.472 e. The van der Waals surface area contributed by atoms with E-state index in [1.807, 2.05) is 0 Å². The summed E-state index contributed by atoms with van der Waals surface area (Å²) >= 11 is 0. The molecule has 72 heavy (non-hydrogen) atoms. The summed E-state index contributed by atoms with van der Waals surface area (Å²) < 4.78 is 49.1. The van der Waals surface area contributed by atoms with E-state index in [0.717, 1.165) is 64.2 Å². The molecule has 0 aliphatic heterocycles. The Morgan fingerprint density at radius 3 is 1.68 bits per heavy atom. The molecule has 19 nitrogen and oxygen atoms in total. The zero-order valence-corrected chi connectivity index (χ0v) is 43.4. The third kappa shape index (κ3) is 33.4. The molecule has 21 heteroatoms. The average Bonchev–Trinajstić information content (AvgIpc) is 3.33. The molecule has 1 saturated carbocycles. The summed E-state index contributed by atoms with van der Waals surface area (Å²) in [6.07, 6.45) is 26.6. The predicted molar refractivity (Wildman–Crippen MR) is 273 cm³/mol. The number of hydrogen-bond acceptors (Lipinski definition) is 16. The number of phosphoric ester groups is 2. The second kappa shape index (κ2) is 39.9. The summed E-state index contributed by atoms with van der Waals surface area (Å²) in [7, 11) is -10.8. The summed E-state index contributed by atoms with van der Waals surface area (Å²) in [5, 5.41) is 72.0. The molecule has 10 N–H and O–H groups in total. The first-order valence-corrected chi connectivity index (χ1v) is 27.8. The number of hydrogen-bond donors (Lipinski definition) is 10. The number of ether oxygens (including phenoxy) is 2. The van der Waals surface area contributed by atoms with Crippen LogP contribution in [-0.4, -0.2) is 137 Å². The number of phosphoric acid groups is 2. The van der Waals surface area contributed by atoms with Gasteiger partial charge in [-0.05, 0) is 70.6 Å². The van der Waals surface area contributed by atoms with E-state index in [9.17, 15) is 69.1 Å². The van der Waals surface area contributed by atoms with Crippen molar-refractivity contribution in [3.63, 3.8) is 0 Å². The van der Waals surface area contributed by atoms with Crippen LogP contribution in [0.5, 0.6) is 0 Å². The lowest BCUT2D eigenvalue weighted by atomic mass is 9.85. The van der Waals surface area contributed by atoms with E-state index in [0.29, 0.717) is 19.3 Å². The molecular formula is C51H82O19P2. The Morgan fingerprint density at radius 2 is 1.10 bits per heavy atom. The van der Waals surface area contributed by atoms with Crippen LogP contribution in [0.2, 0.25) is 0 Å². The lowest BCUT2D eigenvalue weighted by Gasteiger charge is -2.43. The molecule has 11 atom stereocenters. The Morgan fingerprint density at radius 1 is 0.556 bits per heavy atom. The van der Waals surface area contributed by atoms with Gasteiger partial charge >= 0.3 is 27.6 Å². The van der Waals surface area contributed by atoms with E-state index in [1.165, 1.54) is 12.2 Å². The number of allylic oxidation sites excluding steroid dienone is 16. The number of unbranched alkanes of at least 4 members (excludes halogenated alkanes) is 5. The fourth-order valence-corrected chi connectivity index (χ4v) is 8.27. The van der Waals surface area contributed by atoms with Gasteiger partial charge in [0.2, 0.25) is 0 Å². The summed E-state index contributed by atoms with van der Waals surface area (Å²) in [5.74, 6) is -1.59. The Bertz CT molecular complexity index is 1850. The number of carbonyl (C=O) groups excluding carboxylic acids is 2. The largest absolute Gasteiger partial charge is 0.472 e. The second-order valence-electron chi connectivity index (χ2n) is 17.0. The summed E-state index contributed by atoms with van der Waals surface area (Å²) in [5.41, 5.74) is 0. The first kappa shape index (κ1) is 66.6. The molecule has 5 unspecified atom stereocenters. The highest BCUT2D eigenvalue weighted by molar-refractivity contribution is 7.47. The molecule has 410 valence electrons. The number of carbonyl (C=O) groups is 2. The molecule has 0 amide bonds. The molecule has 0 aromatic rings. The number of esters is 2. The van der Waals surface area contributed by atoms with Crippen LogP contribution in [0.15, 0.2) is 109 Å². The van der Waals surface area contributed by atoms with Crippen LogP contribution in [0.1, 0.15) is 123 Å². The van der Waals surface area contributed by atoms with Crippen LogP contribution in [-0.2, 0) is 41.8 Å². The first-order chi connectivity index (χ1) is 34.3. The zero-order chi connectivity index (χ0) is 53.6. The van der Waals surface area contributed by atoms with Gasteiger partial charge in [0.15, 0.2) is 6.10 Å². The SMILES string of the molecule is CC/C=C\C/C=C\C/C=C\C/C=C\C/C=C\CCCCCC(=O)OC[C@H](COP(=O)(O)O[C@H]1C(O)C(O)C(O)[C@@H](OP(=O)(O)O)C1O)OC(=O)CCC[C@H](O)[C@@H](O)/C=C/C=C/C=C\C=C\[C@@H](O)CCCCC. The Balaban J connectivity index is 2.75. The van der Waals surface area contributed by atoms with Crippen LogP contribution in [0.4, 0.5) is 0 Å². The molecule has 0 heterocycles. The van der Waals surface area contributed by atoms with Crippen molar-refractivity contribution < 1.29 is 92.2 Å². The number of aliphatic hydroxyl groups is 7. The minimum atomic E-state index is -5.42. The second-order valence-corrected chi connectivity index (χ2v) is 19.6. The Hall–Kier alpha value is -3.46. The average molecular weight is 1060 g/mol. The van der Waals surface area contributed by atoms with Gasteiger partial charge in [-0.3, -0.25) is 23.2 Å². The molecule has 1 aliphatic carbocycles. The summed E-state index contributed by atoms with van der Waals surface area (Å²) in [4.78, 5) is 54.4. The van der Waals surface area contributed by atoms with Gasteiger partial charge in [0, 0.05) is 12.8 Å². The lowest BCUT2D eigenvalue weighted by molar-refractivity contribution is -0.216. The predicted octanol–water partition coefficient (Wildman–Crippen LogP) is 6.64. The van der Waals surface area contributed by atoms with Crippen molar-refractivity contribution in [2.75, 3.05) is 13.2 Å². The highest BCUT2D eigenvalue weighted by Gasteiger charge is 2.54. The van der Waals surface area contributed by atoms with Crippen molar-refractivity contribution in [1.29, 1.82) is 0 Å². The minimum Gasteiger partial charge on any atom is -0.462 e. The van der Waals surface area contributed by atoms with Gasteiger partial charge in [-0.25, -0.2) is 9.13 Å². The lowest BCUT2D eigenvalue weighted by Crippen LogP contribution is -2.64. The van der Waals surface area contributed by atoms with Crippen molar-refractivity contribution in [2.24, 2.45) is 0 Å². The van der Waals surface area contributed by atoms with Crippen LogP contribution in [0, 0.1) is 0 Å². The maximum atomic E-state index is 13.0. The Kier molecular flexibility index (Phi) is 36.9. The molecule has 1 fully saturated rings. The van der Waals surface area contributed by atoms with Gasteiger partial charge in [-0.1, -0.05) is 149 Å². The molecule has 1 rings (SSSR count). The molecule has 0 saturated heterocycles. The van der Waals surface area contributed by atoms with Gasteiger partial charge in [-0.2, -0.15) is 0 Å².